The van der Waals surface area contributed by atoms with Gasteiger partial charge in [-0.15, -0.1) is 0 Å². The van der Waals surface area contributed by atoms with Crippen molar-refractivity contribution in [3.05, 3.63) is 53.6 Å². The smallest absolute Gasteiger partial charge is 0.255 e. The molecule has 6 heteroatoms. The van der Waals surface area contributed by atoms with Crippen molar-refractivity contribution in [3.63, 3.8) is 0 Å². The van der Waals surface area contributed by atoms with Gasteiger partial charge in [-0.3, -0.25) is 9.59 Å². The molecule has 0 aliphatic carbocycles. The molecule has 1 aliphatic rings. The summed E-state index contributed by atoms with van der Waals surface area (Å²) in [5.41, 5.74) is 2.60. The maximum atomic E-state index is 12.9. The fourth-order valence-electron chi connectivity index (χ4n) is 3.40. The lowest BCUT2D eigenvalue weighted by molar-refractivity contribution is 0.0938. The van der Waals surface area contributed by atoms with Crippen LogP contribution in [0.3, 0.4) is 0 Å². The minimum absolute atomic E-state index is 0.0870. The largest absolute Gasteiger partial charge is 0.497 e. The quantitative estimate of drug-likeness (QED) is 0.741. The Hall–Kier alpha value is -3.02. The highest BCUT2D eigenvalue weighted by molar-refractivity contribution is 6.06. The van der Waals surface area contributed by atoms with Gasteiger partial charge in [0.2, 0.25) is 0 Å². The molecule has 1 heterocycles. The summed E-state index contributed by atoms with van der Waals surface area (Å²) in [5.74, 6) is 0.264. The predicted octanol–water partition coefficient (Wildman–Crippen LogP) is 4.08. The van der Waals surface area contributed by atoms with Gasteiger partial charge in [0.1, 0.15) is 5.75 Å². The molecule has 1 atom stereocenters. The van der Waals surface area contributed by atoms with Crippen molar-refractivity contribution < 1.29 is 14.3 Å². The van der Waals surface area contributed by atoms with E-state index >= 15 is 0 Å². The standard InChI is InChI=1S/C23H29N3O3/c1-4-16(2)24-23(28)20-15-18(10-11-21(20)26-12-5-6-13-26)25-22(27)17-8-7-9-19(14-17)29-3/h7-11,14-16H,4-6,12-13H2,1-3H3,(H,24,28)(H,25,27)/t16-/m0/s1. The summed E-state index contributed by atoms with van der Waals surface area (Å²) in [6.07, 6.45) is 3.11. The molecule has 6 nitrogen and oxygen atoms in total. The van der Waals surface area contributed by atoms with Gasteiger partial charge >= 0.3 is 0 Å². The molecule has 0 spiro atoms. The van der Waals surface area contributed by atoms with Crippen LogP contribution >= 0.6 is 0 Å². The average molecular weight is 396 g/mol. The first-order valence-electron chi connectivity index (χ1n) is 10.2. The Morgan fingerprint density at radius 3 is 2.55 bits per heavy atom. The van der Waals surface area contributed by atoms with E-state index in [9.17, 15) is 9.59 Å². The van der Waals surface area contributed by atoms with Gasteiger partial charge in [0.05, 0.1) is 12.7 Å². The highest BCUT2D eigenvalue weighted by Gasteiger charge is 2.21. The summed E-state index contributed by atoms with van der Waals surface area (Å²) < 4.78 is 5.19. The van der Waals surface area contributed by atoms with Gasteiger partial charge in [-0.05, 0) is 62.6 Å². The molecular formula is C23H29N3O3. The Kier molecular flexibility index (Phi) is 6.75. The number of benzene rings is 2. The molecule has 0 saturated carbocycles. The third-order valence-corrected chi connectivity index (χ3v) is 5.27. The molecule has 2 N–H and O–H groups in total. The molecule has 0 aromatic heterocycles. The van der Waals surface area contributed by atoms with Gasteiger partial charge in [0, 0.05) is 36.1 Å². The van der Waals surface area contributed by atoms with Gasteiger partial charge in [0.25, 0.3) is 11.8 Å². The fraction of sp³-hybridized carbons (Fsp3) is 0.391. The minimum Gasteiger partial charge on any atom is -0.497 e. The van der Waals surface area contributed by atoms with Gasteiger partial charge in [-0.25, -0.2) is 0 Å². The summed E-state index contributed by atoms with van der Waals surface area (Å²) in [6, 6.07) is 12.6. The van der Waals surface area contributed by atoms with Crippen LogP contribution in [-0.2, 0) is 0 Å². The first kappa shape index (κ1) is 20.7. The summed E-state index contributed by atoms with van der Waals surface area (Å²) >= 11 is 0. The Morgan fingerprint density at radius 1 is 1.10 bits per heavy atom. The van der Waals surface area contributed by atoms with Crippen molar-refractivity contribution in [2.45, 2.75) is 39.2 Å². The highest BCUT2D eigenvalue weighted by atomic mass is 16.5. The van der Waals surface area contributed by atoms with Crippen LogP contribution in [0.4, 0.5) is 11.4 Å². The summed E-state index contributed by atoms with van der Waals surface area (Å²) in [7, 11) is 1.57. The monoisotopic (exact) mass is 395 g/mol. The fourth-order valence-corrected chi connectivity index (χ4v) is 3.40. The Balaban J connectivity index is 1.86. The summed E-state index contributed by atoms with van der Waals surface area (Å²) in [4.78, 5) is 27.8. The number of hydrogen-bond acceptors (Lipinski definition) is 4. The second kappa shape index (κ2) is 9.45. The van der Waals surface area contributed by atoms with E-state index in [1.807, 2.05) is 26.0 Å². The number of carbonyl (C=O) groups is 2. The molecule has 29 heavy (non-hydrogen) atoms. The van der Waals surface area contributed by atoms with Gasteiger partial charge in [-0.2, -0.15) is 0 Å². The Bertz CT molecular complexity index is 875. The lowest BCUT2D eigenvalue weighted by atomic mass is 10.1. The highest BCUT2D eigenvalue weighted by Crippen LogP contribution is 2.28. The lowest BCUT2D eigenvalue weighted by Crippen LogP contribution is -2.33. The number of amides is 2. The molecule has 154 valence electrons. The third kappa shape index (κ3) is 5.08. The van der Waals surface area contributed by atoms with Crippen molar-refractivity contribution in [2.24, 2.45) is 0 Å². The van der Waals surface area contributed by atoms with Gasteiger partial charge in [0.15, 0.2) is 0 Å². The van der Waals surface area contributed by atoms with Crippen LogP contribution in [0.15, 0.2) is 42.5 Å². The summed E-state index contributed by atoms with van der Waals surface area (Å²) in [5, 5.41) is 5.94. The summed E-state index contributed by atoms with van der Waals surface area (Å²) in [6.45, 7) is 5.91. The van der Waals surface area contributed by atoms with E-state index in [1.54, 1.807) is 37.4 Å². The van der Waals surface area contributed by atoms with Crippen molar-refractivity contribution in [3.8, 4) is 5.75 Å². The molecule has 0 bridgehead atoms. The van der Waals surface area contributed by atoms with E-state index in [1.165, 1.54) is 0 Å². The normalized spacial score (nSPS) is 14.4. The first-order valence-corrected chi connectivity index (χ1v) is 10.2. The van der Waals surface area contributed by atoms with Crippen LogP contribution in [0.5, 0.6) is 5.75 Å². The molecule has 2 amide bonds. The zero-order chi connectivity index (χ0) is 20.8. The SMILES string of the molecule is CC[C@H](C)NC(=O)c1cc(NC(=O)c2cccc(OC)c2)ccc1N1CCCC1. The number of nitrogens with zero attached hydrogens (tertiary/aromatic N) is 1. The van der Waals surface area contributed by atoms with E-state index in [4.69, 9.17) is 4.74 Å². The molecular weight excluding hydrogens is 366 g/mol. The van der Waals surface area contributed by atoms with Crippen molar-refractivity contribution in [1.29, 1.82) is 0 Å². The van der Waals surface area contributed by atoms with Crippen LogP contribution < -0.4 is 20.3 Å². The third-order valence-electron chi connectivity index (χ3n) is 5.27. The maximum Gasteiger partial charge on any atom is 0.255 e. The van der Waals surface area contributed by atoms with Crippen molar-refractivity contribution in [2.75, 3.05) is 30.4 Å². The second-order valence-electron chi connectivity index (χ2n) is 7.39. The van der Waals surface area contributed by atoms with Crippen LogP contribution in [0.2, 0.25) is 0 Å². The molecule has 1 aliphatic heterocycles. The molecule has 0 unspecified atom stereocenters. The predicted molar refractivity (Wildman–Crippen MR) is 116 cm³/mol. The minimum atomic E-state index is -0.244. The van der Waals surface area contributed by atoms with Crippen molar-refractivity contribution >= 4 is 23.2 Å². The zero-order valence-electron chi connectivity index (χ0n) is 17.3. The molecule has 3 rings (SSSR count). The van der Waals surface area contributed by atoms with E-state index in [0.29, 0.717) is 22.6 Å². The molecule has 2 aromatic rings. The number of hydrogen-bond donors (Lipinski definition) is 2. The Morgan fingerprint density at radius 2 is 1.86 bits per heavy atom. The average Bonchev–Trinajstić information content (AvgIpc) is 3.28. The van der Waals surface area contributed by atoms with Crippen LogP contribution in [0.25, 0.3) is 0 Å². The Labute approximate surface area is 172 Å². The first-order chi connectivity index (χ1) is 14.0. The number of carbonyl (C=O) groups excluding carboxylic acids is 2. The number of methoxy groups -OCH3 is 1. The van der Waals surface area contributed by atoms with E-state index in [-0.39, 0.29) is 17.9 Å². The maximum absolute atomic E-state index is 12.9. The van der Waals surface area contributed by atoms with Gasteiger partial charge in [-0.1, -0.05) is 13.0 Å². The molecule has 1 fully saturated rings. The number of ether oxygens (including phenoxy) is 1. The van der Waals surface area contributed by atoms with Crippen LogP contribution in [-0.4, -0.2) is 38.1 Å². The number of anilines is 2. The van der Waals surface area contributed by atoms with E-state index in [0.717, 1.165) is 38.0 Å². The van der Waals surface area contributed by atoms with E-state index in [2.05, 4.69) is 15.5 Å². The van der Waals surface area contributed by atoms with Crippen LogP contribution in [0.1, 0.15) is 53.8 Å². The van der Waals surface area contributed by atoms with E-state index < -0.39 is 0 Å². The molecule has 2 aromatic carbocycles. The topological polar surface area (TPSA) is 70.7 Å². The van der Waals surface area contributed by atoms with Gasteiger partial charge < -0.3 is 20.3 Å². The lowest BCUT2D eigenvalue weighted by Gasteiger charge is -2.23. The second-order valence-corrected chi connectivity index (χ2v) is 7.39. The molecule has 0 radical (unpaired) electrons. The van der Waals surface area contributed by atoms with Crippen molar-refractivity contribution in [1.82, 2.24) is 5.32 Å². The zero-order valence-corrected chi connectivity index (χ0v) is 17.3. The number of nitrogens with one attached hydrogen (secondary N) is 2. The molecule has 1 saturated heterocycles. The number of rotatable bonds is 7. The van der Waals surface area contributed by atoms with Crippen LogP contribution in [0, 0.1) is 0 Å².